The van der Waals surface area contributed by atoms with E-state index in [4.69, 9.17) is 11.6 Å². The Morgan fingerprint density at radius 3 is 2.67 bits per heavy atom. The van der Waals surface area contributed by atoms with Gasteiger partial charge in [0.05, 0.1) is 16.8 Å². The molecule has 4 nitrogen and oxygen atoms in total. The van der Waals surface area contributed by atoms with Gasteiger partial charge in [0.1, 0.15) is 0 Å². The number of benzene rings is 2. The van der Waals surface area contributed by atoms with Crippen molar-refractivity contribution in [2.75, 3.05) is 17.2 Å². The maximum atomic E-state index is 12.1. The maximum absolute atomic E-state index is 12.1. The molecule has 3 N–H and O–H groups in total. The molecule has 0 unspecified atom stereocenters. The number of anilines is 2. The molecule has 24 heavy (non-hydrogen) atoms. The first-order valence-corrected chi connectivity index (χ1v) is 8.22. The average Bonchev–Trinajstić information content (AvgIpc) is 3.10. The van der Waals surface area contributed by atoms with Gasteiger partial charge in [0.2, 0.25) is 5.91 Å². The maximum Gasteiger partial charge on any atom is 0.241 e. The first-order chi connectivity index (χ1) is 11.2. The fourth-order valence-corrected chi connectivity index (χ4v) is 2.91. The number of carbonyl (C=O) groups excluding carboxylic acids is 1. The molecular weight excluding hydrogens is 345 g/mol. The minimum absolute atomic E-state index is 0. The highest BCUT2D eigenvalue weighted by molar-refractivity contribution is 6.33. The van der Waals surface area contributed by atoms with Crippen molar-refractivity contribution in [3.05, 3.63) is 59.1 Å². The van der Waals surface area contributed by atoms with Gasteiger partial charge in [-0.05, 0) is 43.1 Å². The molecule has 1 aliphatic rings. The van der Waals surface area contributed by atoms with E-state index in [2.05, 4.69) is 28.1 Å². The van der Waals surface area contributed by atoms with Crippen LogP contribution in [0.5, 0.6) is 0 Å². The van der Waals surface area contributed by atoms with Gasteiger partial charge in [-0.1, -0.05) is 41.9 Å². The van der Waals surface area contributed by atoms with Crippen molar-refractivity contribution in [2.24, 2.45) is 0 Å². The highest BCUT2D eigenvalue weighted by atomic mass is 35.5. The van der Waals surface area contributed by atoms with E-state index >= 15 is 0 Å². The molecule has 1 saturated heterocycles. The monoisotopic (exact) mass is 365 g/mol. The van der Waals surface area contributed by atoms with Crippen molar-refractivity contribution >= 4 is 41.3 Å². The largest absolute Gasteiger partial charge is 0.380 e. The number of carbonyl (C=O) groups is 1. The van der Waals surface area contributed by atoms with E-state index in [1.165, 1.54) is 5.56 Å². The van der Waals surface area contributed by atoms with Crippen molar-refractivity contribution < 1.29 is 4.79 Å². The van der Waals surface area contributed by atoms with E-state index in [0.717, 1.165) is 30.8 Å². The third kappa shape index (κ3) is 4.87. The zero-order valence-corrected chi connectivity index (χ0v) is 14.8. The minimum atomic E-state index is -0.0929. The molecule has 0 spiro atoms. The molecule has 6 heteroatoms. The van der Waals surface area contributed by atoms with Gasteiger partial charge in [0.15, 0.2) is 0 Å². The number of nitrogens with one attached hydrogen (secondary N) is 3. The Morgan fingerprint density at radius 2 is 2.00 bits per heavy atom. The van der Waals surface area contributed by atoms with Crippen molar-refractivity contribution in [1.29, 1.82) is 0 Å². The van der Waals surface area contributed by atoms with Crippen LogP contribution >= 0.6 is 24.0 Å². The zero-order valence-electron chi connectivity index (χ0n) is 13.2. The van der Waals surface area contributed by atoms with Crippen LogP contribution in [0.3, 0.4) is 0 Å². The summed E-state index contributed by atoms with van der Waals surface area (Å²) >= 11 is 6.31. The van der Waals surface area contributed by atoms with Crippen molar-refractivity contribution in [1.82, 2.24) is 5.32 Å². The third-order valence-electron chi connectivity index (χ3n) is 3.94. The first kappa shape index (κ1) is 18.6. The van der Waals surface area contributed by atoms with Gasteiger partial charge in [-0.3, -0.25) is 4.79 Å². The molecule has 0 bridgehead atoms. The van der Waals surface area contributed by atoms with Crippen molar-refractivity contribution in [3.63, 3.8) is 0 Å². The number of hydrogen-bond donors (Lipinski definition) is 3. The number of halogens is 2. The topological polar surface area (TPSA) is 53.2 Å². The number of rotatable bonds is 5. The second-order valence-corrected chi connectivity index (χ2v) is 6.08. The summed E-state index contributed by atoms with van der Waals surface area (Å²) in [6, 6.07) is 15.6. The Balaban J connectivity index is 0.00000208. The molecule has 0 radical (unpaired) electrons. The zero-order chi connectivity index (χ0) is 16.1. The van der Waals surface area contributed by atoms with E-state index in [1.807, 2.05) is 30.3 Å². The Labute approximate surface area is 153 Å². The molecule has 128 valence electrons. The predicted octanol–water partition coefficient (Wildman–Crippen LogP) is 4.06. The van der Waals surface area contributed by atoms with Crippen LogP contribution in [0, 0.1) is 0 Å². The highest BCUT2D eigenvalue weighted by Gasteiger charge is 2.21. The van der Waals surface area contributed by atoms with E-state index in [9.17, 15) is 4.79 Å². The Kier molecular flexibility index (Phi) is 6.91. The Morgan fingerprint density at radius 1 is 1.21 bits per heavy atom. The molecule has 0 aromatic heterocycles. The van der Waals surface area contributed by atoms with Gasteiger partial charge in [-0.15, -0.1) is 12.4 Å². The predicted molar refractivity (Wildman–Crippen MR) is 102 cm³/mol. The molecule has 2 aromatic rings. The molecule has 1 heterocycles. The van der Waals surface area contributed by atoms with Crippen LogP contribution in [0.25, 0.3) is 0 Å². The van der Waals surface area contributed by atoms with Crippen molar-refractivity contribution in [3.8, 4) is 0 Å². The molecule has 0 saturated carbocycles. The van der Waals surface area contributed by atoms with E-state index in [-0.39, 0.29) is 24.4 Å². The lowest BCUT2D eigenvalue weighted by molar-refractivity contribution is -0.117. The molecule has 1 fully saturated rings. The number of amides is 1. The van der Waals surface area contributed by atoms with Crippen LogP contribution in [-0.2, 0) is 11.3 Å². The Bertz CT molecular complexity index is 673. The molecule has 0 aliphatic carbocycles. The minimum Gasteiger partial charge on any atom is -0.380 e. The van der Waals surface area contributed by atoms with Crippen LogP contribution in [0.2, 0.25) is 5.02 Å². The molecule has 1 atom stereocenters. The molecular formula is C18H21Cl2N3O. The van der Waals surface area contributed by atoms with Crippen molar-refractivity contribution in [2.45, 2.75) is 25.4 Å². The lowest BCUT2D eigenvalue weighted by Crippen LogP contribution is -2.35. The van der Waals surface area contributed by atoms with Crippen LogP contribution in [0.15, 0.2) is 48.5 Å². The number of hydrogen-bond acceptors (Lipinski definition) is 3. The van der Waals surface area contributed by atoms with E-state index in [0.29, 0.717) is 11.6 Å². The summed E-state index contributed by atoms with van der Waals surface area (Å²) in [5.41, 5.74) is 2.76. The van der Waals surface area contributed by atoms with Crippen LogP contribution in [0.1, 0.15) is 18.4 Å². The van der Waals surface area contributed by atoms with Gasteiger partial charge in [-0.2, -0.15) is 0 Å². The second kappa shape index (κ2) is 8.92. The standard InChI is InChI=1S/C18H20ClN3O.ClH/c19-15-11-14(22-18(23)17-7-4-10-20-17)8-9-16(15)21-12-13-5-2-1-3-6-13;/h1-3,5-6,8-9,11,17,20-21H,4,7,10,12H2,(H,22,23);1H/t17-;/m0./s1. The van der Waals surface area contributed by atoms with E-state index < -0.39 is 0 Å². The summed E-state index contributed by atoms with van der Waals surface area (Å²) < 4.78 is 0. The summed E-state index contributed by atoms with van der Waals surface area (Å²) in [5, 5.41) is 10.00. The quantitative estimate of drug-likeness (QED) is 0.748. The van der Waals surface area contributed by atoms with Crippen LogP contribution < -0.4 is 16.0 Å². The summed E-state index contributed by atoms with van der Waals surface area (Å²) in [6.45, 7) is 1.61. The molecule has 1 amide bonds. The summed E-state index contributed by atoms with van der Waals surface area (Å²) in [5.74, 6) is 0.00330. The summed E-state index contributed by atoms with van der Waals surface area (Å²) in [6.07, 6.45) is 1.93. The fraction of sp³-hybridized carbons (Fsp3) is 0.278. The third-order valence-corrected chi connectivity index (χ3v) is 4.25. The average molecular weight is 366 g/mol. The second-order valence-electron chi connectivity index (χ2n) is 5.67. The smallest absolute Gasteiger partial charge is 0.241 e. The molecule has 3 rings (SSSR count). The fourth-order valence-electron chi connectivity index (χ4n) is 2.67. The normalized spacial score (nSPS) is 16.3. The van der Waals surface area contributed by atoms with Gasteiger partial charge in [-0.25, -0.2) is 0 Å². The first-order valence-electron chi connectivity index (χ1n) is 7.84. The van der Waals surface area contributed by atoms with Gasteiger partial charge < -0.3 is 16.0 Å². The summed E-state index contributed by atoms with van der Waals surface area (Å²) in [4.78, 5) is 12.1. The van der Waals surface area contributed by atoms with E-state index in [1.54, 1.807) is 6.07 Å². The Hall–Kier alpha value is -1.75. The molecule has 1 aliphatic heterocycles. The van der Waals surface area contributed by atoms with Crippen LogP contribution in [-0.4, -0.2) is 18.5 Å². The SMILES string of the molecule is Cl.O=C(Nc1ccc(NCc2ccccc2)c(Cl)c1)[C@@H]1CCCN1. The lowest BCUT2D eigenvalue weighted by atomic mass is 10.2. The van der Waals surface area contributed by atoms with Gasteiger partial charge in [0.25, 0.3) is 0 Å². The highest BCUT2D eigenvalue weighted by Crippen LogP contribution is 2.26. The summed E-state index contributed by atoms with van der Waals surface area (Å²) in [7, 11) is 0. The van der Waals surface area contributed by atoms with Gasteiger partial charge in [0, 0.05) is 12.2 Å². The lowest BCUT2D eigenvalue weighted by Gasteiger charge is -2.13. The molecule has 2 aromatic carbocycles. The van der Waals surface area contributed by atoms with Crippen LogP contribution in [0.4, 0.5) is 11.4 Å². The van der Waals surface area contributed by atoms with Gasteiger partial charge >= 0.3 is 0 Å².